The highest BCUT2D eigenvalue weighted by Crippen LogP contribution is 2.44. The molecule has 0 radical (unpaired) electrons. The third-order valence-corrected chi connectivity index (χ3v) is 18.1. The maximum absolute atomic E-state index is 12.8. The summed E-state index contributed by atoms with van der Waals surface area (Å²) in [6, 6.07) is 21.5. The van der Waals surface area contributed by atoms with Crippen LogP contribution in [0.1, 0.15) is 11.1 Å². The summed E-state index contributed by atoms with van der Waals surface area (Å²) in [6.45, 7) is 1.43. The van der Waals surface area contributed by atoms with Crippen molar-refractivity contribution in [1.82, 2.24) is 24.9 Å². The average molecular weight is 1370 g/mol. The number of rotatable bonds is 20. The molecule has 0 aliphatic rings. The lowest BCUT2D eigenvalue weighted by Gasteiger charge is -2.16. The molecular weight excluding hydrogens is 1330 g/mol. The predicted octanol–water partition coefficient (Wildman–Crippen LogP) is 8.50. The van der Waals surface area contributed by atoms with Gasteiger partial charge in [-0.15, -0.1) is 20.5 Å². The Balaban J connectivity index is 1.15. The van der Waals surface area contributed by atoms with Gasteiger partial charge < -0.3 is 27.0 Å². The van der Waals surface area contributed by atoms with Gasteiger partial charge in [0.15, 0.2) is 16.6 Å². The highest BCUT2D eigenvalue weighted by Gasteiger charge is 2.28. The van der Waals surface area contributed by atoms with Crippen LogP contribution < -0.4 is 27.0 Å². The molecule has 6 aromatic carbocycles. The standard InChI is InChI=1S/C47H34N16O20S7/c1-22-34(21-48)41(50-24-6-10-29(11-7-24)85(66,67)68)55-42(51-25-8-12-30(13-9-25)86(69,70)71)39(22)60-62-47-54-40(43(84-47)61-59-27-16-32-33(37(17-27)89(78,79)80)18-28(63(64)65)19-38(32)90(81,82)83)23-2-4-26(5-3-23)52-45-56-44(49)57-46(58-45)53-35-20-31(87(72,73)74)14-15-36(35)88(75,76)77/h2-20H,1H3,(H2,50,51,55)(H,66,67,68)(H,69,70,71)(H,72,73,74)(H,75,76,77)(H,78,79,80)(H,81,82,83)(H4,49,52,53,56,57,58). The van der Waals surface area contributed by atoms with Gasteiger partial charge in [-0.25, -0.2) is 9.97 Å². The number of nitrogens with one attached hydrogen (secondary N) is 4. The molecule has 0 amide bonds. The zero-order chi connectivity index (χ0) is 65.6. The third kappa shape index (κ3) is 14.7. The van der Waals surface area contributed by atoms with Gasteiger partial charge >= 0.3 is 0 Å². The average Bonchev–Trinajstić information content (AvgIpc) is 0.892. The minimum Gasteiger partial charge on any atom is -0.368 e. The van der Waals surface area contributed by atoms with Crippen LogP contribution in [0.4, 0.5) is 79.4 Å². The summed E-state index contributed by atoms with van der Waals surface area (Å²) in [5.74, 6) is -1.63. The van der Waals surface area contributed by atoms with Crippen LogP contribution in [0.5, 0.6) is 0 Å². The van der Waals surface area contributed by atoms with E-state index in [2.05, 4.69) is 66.6 Å². The van der Waals surface area contributed by atoms with E-state index in [1.807, 2.05) is 6.07 Å². The number of pyridine rings is 1. The molecule has 0 unspecified atom stereocenters. The van der Waals surface area contributed by atoms with Crippen LogP contribution in [0.15, 0.2) is 165 Å². The molecule has 0 saturated carbocycles. The molecule has 43 heteroatoms. The van der Waals surface area contributed by atoms with Crippen molar-refractivity contribution in [3.05, 3.63) is 137 Å². The number of hydrogen-bond donors (Lipinski definition) is 11. The summed E-state index contributed by atoms with van der Waals surface area (Å²) in [5.41, 5.74) is 4.10. The Morgan fingerprint density at radius 2 is 1.03 bits per heavy atom. The van der Waals surface area contributed by atoms with Crippen LogP contribution in [0.25, 0.3) is 22.0 Å². The summed E-state index contributed by atoms with van der Waals surface area (Å²) in [4.78, 5) is 26.9. The van der Waals surface area contributed by atoms with Crippen molar-refractivity contribution in [1.29, 1.82) is 5.26 Å². The lowest BCUT2D eigenvalue weighted by atomic mass is 10.1. The number of nitro groups is 1. The van der Waals surface area contributed by atoms with Crippen molar-refractivity contribution in [3.63, 3.8) is 0 Å². The highest BCUT2D eigenvalue weighted by molar-refractivity contribution is 7.87. The number of thiazole rings is 1. The molecule has 9 aromatic rings. The van der Waals surface area contributed by atoms with Gasteiger partial charge in [-0.3, -0.25) is 37.4 Å². The van der Waals surface area contributed by atoms with Crippen LogP contribution >= 0.6 is 11.3 Å². The van der Waals surface area contributed by atoms with Crippen molar-refractivity contribution in [2.24, 2.45) is 20.5 Å². The van der Waals surface area contributed by atoms with Crippen molar-refractivity contribution in [2.45, 2.75) is 36.3 Å². The number of hydrogen-bond acceptors (Lipinski definition) is 30. The molecule has 90 heavy (non-hydrogen) atoms. The minimum atomic E-state index is -5.37. The zero-order valence-corrected chi connectivity index (χ0v) is 49.9. The van der Waals surface area contributed by atoms with Crippen molar-refractivity contribution < 1.29 is 82.7 Å². The second-order valence-electron chi connectivity index (χ2n) is 18.0. The SMILES string of the molecule is Cc1c(C#N)c(Nc2ccc(S(=O)(=O)O)cc2)nc(Nc2ccc(S(=O)(=O)O)cc2)c1N=Nc1nc(-c2ccc(Nc3nc(N)nc(Nc4cc(S(=O)(=O)O)ccc4S(=O)(=O)O)n3)cc2)c(N=Nc2cc(S(=O)(=O)O)c3cc([N+](=O)[O-])cc(S(=O)(=O)O)c3c2)s1. The Labute approximate surface area is 509 Å². The van der Waals surface area contributed by atoms with Crippen LogP contribution in [-0.2, 0) is 60.7 Å². The molecule has 9 rings (SSSR count). The number of azo groups is 2. The lowest BCUT2D eigenvalue weighted by molar-refractivity contribution is -0.384. The summed E-state index contributed by atoms with van der Waals surface area (Å²) < 4.78 is 205. The molecule has 0 aliphatic carbocycles. The van der Waals surface area contributed by atoms with Gasteiger partial charge in [-0.2, -0.15) is 70.7 Å². The summed E-state index contributed by atoms with van der Waals surface area (Å²) in [6.07, 6.45) is 0. The van der Waals surface area contributed by atoms with E-state index in [0.29, 0.717) is 47.7 Å². The first-order valence-electron chi connectivity index (χ1n) is 23.9. The fourth-order valence-corrected chi connectivity index (χ4v) is 12.3. The minimum absolute atomic E-state index is 0.0720. The van der Waals surface area contributed by atoms with E-state index >= 15 is 0 Å². The Hall–Kier alpha value is -10.1. The van der Waals surface area contributed by atoms with Gasteiger partial charge in [0.25, 0.3) is 66.4 Å². The van der Waals surface area contributed by atoms with Gasteiger partial charge in [-0.05, 0) is 97.9 Å². The molecule has 0 spiro atoms. The number of nitro benzene ring substituents is 1. The number of non-ortho nitro benzene ring substituents is 1. The van der Waals surface area contributed by atoms with E-state index in [1.165, 1.54) is 55.5 Å². The van der Waals surface area contributed by atoms with E-state index in [4.69, 9.17) is 5.73 Å². The smallest absolute Gasteiger partial charge is 0.296 e. The van der Waals surface area contributed by atoms with Crippen molar-refractivity contribution in [2.75, 3.05) is 27.0 Å². The first kappa shape index (κ1) is 64.4. The maximum atomic E-state index is 12.8. The van der Waals surface area contributed by atoms with Crippen LogP contribution in [-0.4, -0.2) is 108 Å². The quantitative estimate of drug-likeness (QED) is 0.0147. The number of nitrogen functional groups attached to an aromatic ring is 1. The second-order valence-corrected chi connectivity index (χ2v) is 27.4. The fourth-order valence-electron chi connectivity index (χ4n) is 8.03. The molecule has 0 bridgehead atoms. The Morgan fingerprint density at radius 3 is 1.57 bits per heavy atom. The Bertz CT molecular complexity index is 5310. The fraction of sp³-hybridized carbons (Fsp3) is 0.0213. The van der Waals surface area contributed by atoms with Gasteiger partial charge in [0.1, 0.15) is 32.1 Å². The molecule has 0 aliphatic heterocycles. The zero-order valence-electron chi connectivity index (χ0n) is 44.2. The number of benzene rings is 6. The first-order valence-corrected chi connectivity index (χ1v) is 33.3. The summed E-state index contributed by atoms with van der Waals surface area (Å²) >= 11 is 0.638. The second kappa shape index (κ2) is 24.1. The molecule has 36 nitrogen and oxygen atoms in total. The number of aromatic nitrogens is 5. The molecule has 0 fully saturated rings. The Kier molecular flexibility index (Phi) is 17.3. The third-order valence-electron chi connectivity index (χ3n) is 12.0. The molecule has 0 atom stereocenters. The molecule has 3 aromatic heterocycles. The normalized spacial score (nSPS) is 12.5. The Morgan fingerprint density at radius 1 is 0.533 bits per heavy atom. The van der Waals surface area contributed by atoms with E-state index < -0.39 is 135 Å². The van der Waals surface area contributed by atoms with Crippen LogP contribution in [0.2, 0.25) is 0 Å². The highest BCUT2D eigenvalue weighted by atomic mass is 32.2. The molecular formula is C47H34N16O20S7. The molecule has 0 saturated heterocycles. The number of fused-ring (bicyclic) bond motifs is 1. The molecule has 3 heterocycles. The van der Waals surface area contributed by atoms with E-state index in [0.717, 1.165) is 30.3 Å². The van der Waals surface area contributed by atoms with Crippen LogP contribution in [0, 0.1) is 28.4 Å². The summed E-state index contributed by atoms with van der Waals surface area (Å²) in [5, 5.41) is 48.4. The predicted molar refractivity (Wildman–Crippen MR) is 316 cm³/mol. The van der Waals surface area contributed by atoms with Crippen LogP contribution in [0.3, 0.4) is 0 Å². The van der Waals surface area contributed by atoms with Gasteiger partial charge in [-0.1, -0.05) is 23.5 Å². The lowest BCUT2D eigenvalue weighted by Crippen LogP contribution is -2.10. The van der Waals surface area contributed by atoms with E-state index in [-0.39, 0.29) is 72.9 Å². The number of nitrogens with zero attached hydrogens (tertiary/aromatic N) is 11. The van der Waals surface area contributed by atoms with Gasteiger partial charge in [0, 0.05) is 51.1 Å². The van der Waals surface area contributed by atoms with Crippen molar-refractivity contribution in [3.8, 4) is 17.3 Å². The van der Waals surface area contributed by atoms with E-state index in [9.17, 15) is 93.2 Å². The maximum Gasteiger partial charge on any atom is 0.296 e. The first-order chi connectivity index (χ1) is 41.9. The van der Waals surface area contributed by atoms with Gasteiger partial charge in [0.2, 0.25) is 23.0 Å². The number of nitrogens with two attached hydrogens (primary N) is 1. The molecule has 464 valence electrons. The summed E-state index contributed by atoms with van der Waals surface area (Å²) in [7, 11) is -29.9. The van der Waals surface area contributed by atoms with Crippen molar-refractivity contribution >= 4 is 162 Å². The molecule has 12 N–H and O–H groups in total. The largest absolute Gasteiger partial charge is 0.368 e. The number of nitriles is 1. The van der Waals surface area contributed by atoms with Gasteiger partial charge in [0.05, 0.1) is 36.5 Å². The number of anilines is 9. The monoisotopic (exact) mass is 1370 g/mol. The topological polar surface area (TPSA) is 581 Å². The van der Waals surface area contributed by atoms with E-state index in [1.54, 1.807) is 0 Å².